The van der Waals surface area contributed by atoms with Crippen LogP contribution in [0.2, 0.25) is 0 Å². The standard InChI is InChI=1S/C16H27N3O2/c1-12(2)6-4-5-9-18-11-13-7-8-15(21-3)14(10-13)16(17)19-20/h7-8,10,12,18,20H,4-6,9,11H2,1-3H3,(H2,17,19). The fourth-order valence-corrected chi connectivity index (χ4v) is 2.15. The van der Waals surface area contributed by atoms with E-state index in [0.717, 1.165) is 24.6 Å². The summed E-state index contributed by atoms with van der Waals surface area (Å²) in [5.74, 6) is 1.44. The van der Waals surface area contributed by atoms with E-state index in [2.05, 4.69) is 24.3 Å². The lowest BCUT2D eigenvalue weighted by atomic mass is 10.1. The van der Waals surface area contributed by atoms with Crippen molar-refractivity contribution in [1.29, 1.82) is 0 Å². The molecule has 0 unspecified atom stereocenters. The molecule has 1 aromatic rings. The largest absolute Gasteiger partial charge is 0.496 e. The van der Waals surface area contributed by atoms with Crippen LogP contribution in [-0.2, 0) is 6.54 Å². The summed E-state index contributed by atoms with van der Waals surface area (Å²) in [4.78, 5) is 0. The number of hydrogen-bond acceptors (Lipinski definition) is 4. The number of oxime groups is 1. The van der Waals surface area contributed by atoms with E-state index in [0.29, 0.717) is 11.3 Å². The molecular formula is C16H27N3O2. The number of rotatable bonds is 9. The van der Waals surface area contributed by atoms with E-state index in [1.54, 1.807) is 7.11 Å². The molecule has 0 radical (unpaired) electrons. The minimum absolute atomic E-state index is 0.0608. The van der Waals surface area contributed by atoms with E-state index in [1.165, 1.54) is 19.3 Å². The maximum absolute atomic E-state index is 8.81. The normalized spacial score (nSPS) is 11.9. The van der Waals surface area contributed by atoms with Gasteiger partial charge in [0.1, 0.15) is 5.75 Å². The average molecular weight is 293 g/mol. The van der Waals surface area contributed by atoms with Crippen molar-refractivity contribution in [3.8, 4) is 5.75 Å². The van der Waals surface area contributed by atoms with Crippen LogP contribution in [-0.4, -0.2) is 24.7 Å². The van der Waals surface area contributed by atoms with Crippen molar-refractivity contribution in [3.63, 3.8) is 0 Å². The van der Waals surface area contributed by atoms with Crippen LogP contribution in [0.5, 0.6) is 5.75 Å². The van der Waals surface area contributed by atoms with Gasteiger partial charge in [0.05, 0.1) is 12.7 Å². The van der Waals surface area contributed by atoms with Crippen LogP contribution in [0.15, 0.2) is 23.4 Å². The Hall–Kier alpha value is -1.75. The molecule has 0 aliphatic rings. The summed E-state index contributed by atoms with van der Waals surface area (Å²) in [6, 6.07) is 5.70. The molecule has 0 aliphatic heterocycles. The van der Waals surface area contributed by atoms with Crippen molar-refractivity contribution < 1.29 is 9.94 Å². The lowest BCUT2D eigenvalue weighted by molar-refractivity contribution is 0.318. The highest BCUT2D eigenvalue weighted by atomic mass is 16.5. The second-order valence-corrected chi connectivity index (χ2v) is 5.59. The van der Waals surface area contributed by atoms with Crippen molar-refractivity contribution in [1.82, 2.24) is 5.32 Å². The zero-order valence-electron chi connectivity index (χ0n) is 13.2. The summed E-state index contributed by atoms with van der Waals surface area (Å²) in [6.07, 6.45) is 3.71. The number of unbranched alkanes of at least 4 members (excludes halogenated alkanes) is 1. The SMILES string of the molecule is COc1ccc(CNCCCCC(C)C)cc1/C(N)=N/O. The van der Waals surface area contributed by atoms with Gasteiger partial charge < -0.3 is 21.0 Å². The molecule has 0 bridgehead atoms. The van der Waals surface area contributed by atoms with Gasteiger partial charge in [-0.25, -0.2) is 0 Å². The number of methoxy groups -OCH3 is 1. The first kappa shape index (κ1) is 17.3. The summed E-state index contributed by atoms with van der Waals surface area (Å²) < 4.78 is 5.21. The minimum Gasteiger partial charge on any atom is -0.496 e. The van der Waals surface area contributed by atoms with Crippen LogP contribution in [0.1, 0.15) is 44.2 Å². The summed E-state index contributed by atoms with van der Waals surface area (Å²) in [7, 11) is 1.57. The van der Waals surface area contributed by atoms with E-state index in [1.807, 2.05) is 18.2 Å². The molecule has 0 saturated heterocycles. The predicted octanol–water partition coefficient (Wildman–Crippen LogP) is 2.71. The Morgan fingerprint density at radius 1 is 1.38 bits per heavy atom. The van der Waals surface area contributed by atoms with Gasteiger partial charge in [-0.3, -0.25) is 0 Å². The number of nitrogens with two attached hydrogens (primary N) is 1. The smallest absolute Gasteiger partial charge is 0.173 e. The maximum Gasteiger partial charge on any atom is 0.173 e. The quantitative estimate of drug-likeness (QED) is 0.215. The van der Waals surface area contributed by atoms with Crippen molar-refractivity contribution in [2.75, 3.05) is 13.7 Å². The highest BCUT2D eigenvalue weighted by Crippen LogP contribution is 2.19. The van der Waals surface area contributed by atoms with Crippen LogP contribution in [0.25, 0.3) is 0 Å². The fraction of sp³-hybridized carbons (Fsp3) is 0.562. The summed E-state index contributed by atoms with van der Waals surface area (Å²) >= 11 is 0. The Morgan fingerprint density at radius 3 is 2.76 bits per heavy atom. The molecule has 1 rings (SSSR count). The molecule has 0 aliphatic carbocycles. The number of nitrogens with zero attached hydrogens (tertiary/aromatic N) is 1. The van der Waals surface area contributed by atoms with Gasteiger partial charge in [0.2, 0.25) is 0 Å². The molecule has 0 atom stereocenters. The van der Waals surface area contributed by atoms with Gasteiger partial charge in [0.25, 0.3) is 0 Å². The number of ether oxygens (including phenoxy) is 1. The number of amidine groups is 1. The molecule has 0 aromatic heterocycles. The van der Waals surface area contributed by atoms with Gasteiger partial charge in [-0.2, -0.15) is 0 Å². The Kier molecular flexibility index (Phi) is 7.61. The first-order chi connectivity index (χ1) is 10.1. The van der Waals surface area contributed by atoms with Crippen LogP contribution in [0, 0.1) is 5.92 Å². The minimum atomic E-state index is 0.0608. The second-order valence-electron chi connectivity index (χ2n) is 5.59. The van der Waals surface area contributed by atoms with Crippen molar-refractivity contribution in [2.45, 2.75) is 39.7 Å². The monoisotopic (exact) mass is 293 g/mol. The molecule has 5 heteroatoms. The van der Waals surface area contributed by atoms with Gasteiger partial charge in [0, 0.05) is 6.54 Å². The molecule has 1 aromatic carbocycles. The second kappa shape index (κ2) is 9.23. The van der Waals surface area contributed by atoms with Gasteiger partial charge in [-0.05, 0) is 36.6 Å². The molecule has 5 nitrogen and oxygen atoms in total. The zero-order chi connectivity index (χ0) is 15.7. The first-order valence-corrected chi connectivity index (χ1v) is 7.44. The van der Waals surface area contributed by atoms with Crippen LogP contribution >= 0.6 is 0 Å². The highest BCUT2D eigenvalue weighted by molar-refractivity contribution is 5.99. The fourth-order valence-electron chi connectivity index (χ4n) is 2.15. The third-order valence-electron chi connectivity index (χ3n) is 3.36. The Balaban J connectivity index is 2.49. The lowest BCUT2D eigenvalue weighted by Gasteiger charge is -2.10. The highest BCUT2D eigenvalue weighted by Gasteiger charge is 2.08. The Bertz CT molecular complexity index is 459. The van der Waals surface area contributed by atoms with Gasteiger partial charge in [0.15, 0.2) is 5.84 Å². The van der Waals surface area contributed by atoms with Crippen molar-refractivity contribution >= 4 is 5.84 Å². The van der Waals surface area contributed by atoms with Crippen LogP contribution in [0.3, 0.4) is 0 Å². The van der Waals surface area contributed by atoms with Gasteiger partial charge >= 0.3 is 0 Å². The third-order valence-corrected chi connectivity index (χ3v) is 3.36. The summed E-state index contributed by atoms with van der Waals surface area (Å²) in [5.41, 5.74) is 7.36. The van der Waals surface area contributed by atoms with Crippen LogP contribution in [0.4, 0.5) is 0 Å². The van der Waals surface area contributed by atoms with Crippen molar-refractivity contribution in [2.24, 2.45) is 16.8 Å². The summed E-state index contributed by atoms with van der Waals surface area (Å²) in [5, 5.41) is 15.3. The van der Waals surface area contributed by atoms with Crippen LogP contribution < -0.4 is 15.8 Å². The predicted molar refractivity (Wildman–Crippen MR) is 85.9 cm³/mol. The van der Waals surface area contributed by atoms with E-state index in [-0.39, 0.29) is 5.84 Å². The Labute approximate surface area is 127 Å². The summed E-state index contributed by atoms with van der Waals surface area (Å²) in [6.45, 7) is 6.26. The average Bonchev–Trinajstić information content (AvgIpc) is 2.49. The van der Waals surface area contributed by atoms with Gasteiger partial charge in [-0.15, -0.1) is 0 Å². The topological polar surface area (TPSA) is 79.9 Å². The van der Waals surface area contributed by atoms with E-state index in [9.17, 15) is 0 Å². The molecule has 0 saturated carbocycles. The lowest BCUT2D eigenvalue weighted by Crippen LogP contribution is -2.17. The van der Waals surface area contributed by atoms with E-state index < -0.39 is 0 Å². The molecule has 0 spiro atoms. The molecule has 0 heterocycles. The molecule has 4 N–H and O–H groups in total. The Morgan fingerprint density at radius 2 is 2.14 bits per heavy atom. The number of hydrogen-bond donors (Lipinski definition) is 3. The number of nitrogens with one attached hydrogen (secondary N) is 1. The molecule has 0 amide bonds. The van der Waals surface area contributed by atoms with Gasteiger partial charge in [-0.1, -0.05) is 37.9 Å². The van der Waals surface area contributed by atoms with E-state index >= 15 is 0 Å². The zero-order valence-corrected chi connectivity index (χ0v) is 13.2. The number of benzene rings is 1. The van der Waals surface area contributed by atoms with Crippen molar-refractivity contribution in [3.05, 3.63) is 29.3 Å². The van der Waals surface area contributed by atoms with E-state index in [4.69, 9.17) is 15.7 Å². The molecule has 21 heavy (non-hydrogen) atoms. The molecule has 118 valence electrons. The first-order valence-electron chi connectivity index (χ1n) is 7.44. The molecule has 0 fully saturated rings. The maximum atomic E-state index is 8.81. The third kappa shape index (κ3) is 6.04. The molecular weight excluding hydrogens is 266 g/mol.